The Hall–Kier alpha value is -2.87. The molecule has 0 radical (unpaired) electrons. The van der Waals surface area contributed by atoms with E-state index in [1.54, 1.807) is 18.2 Å². The fourth-order valence-corrected chi connectivity index (χ4v) is 3.14. The first kappa shape index (κ1) is 19.9. The van der Waals surface area contributed by atoms with E-state index in [2.05, 4.69) is 4.98 Å². The highest BCUT2D eigenvalue weighted by Gasteiger charge is 2.20. The van der Waals surface area contributed by atoms with E-state index in [1.165, 1.54) is 30.5 Å². The molecule has 2 aromatic heterocycles. The number of nitro benzene ring substituents is 1. The number of nitrogens with two attached hydrogens (primary N) is 1. The van der Waals surface area contributed by atoms with Gasteiger partial charge in [0.2, 0.25) is 5.52 Å². The molecule has 0 saturated carbocycles. The molecule has 0 amide bonds. The van der Waals surface area contributed by atoms with Gasteiger partial charge in [-0.2, -0.15) is 4.73 Å². The summed E-state index contributed by atoms with van der Waals surface area (Å²) >= 11 is 17.3. The maximum atomic E-state index is 11.3. The second-order valence-electron chi connectivity index (χ2n) is 5.58. The zero-order valence-electron chi connectivity index (χ0n) is 14.0. The normalized spacial score (nSPS) is 10.5. The molecular formula is C18H11Cl3N4O3. The Labute approximate surface area is 173 Å². The lowest BCUT2D eigenvalue weighted by atomic mass is 10.2. The van der Waals surface area contributed by atoms with Crippen molar-refractivity contribution in [1.29, 1.82) is 0 Å². The number of pyridine rings is 2. The van der Waals surface area contributed by atoms with Gasteiger partial charge in [-0.25, -0.2) is 4.98 Å². The molecule has 4 aromatic rings. The number of nitrogen functional groups attached to an aromatic ring is 1. The molecule has 0 aliphatic heterocycles. The van der Waals surface area contributed by atoms with Crippen LogP contribution in [-0.2, 0) is 0 Å². The van der Waals surface area contributed by atoms with Crippen molar-refractivity contribution in [3.8, 4) is 0 Å². The lowest BCUT2D eigenvalue weighted by Crippen LogP contribution is -2.25. The molecule has 0 saturated heterocycles. The predicted molar refractivity (Wildman–Crippen MR) is 111 cm³/mol. The summed E-state index contributed by atoms with van der Waals surface area (Å²) in [7, 11) is 0. The van der Waals surface area contributed by atoms with Gasteiger partial charge in [0.15, 0.2) is 6.20 Å². The van der Waals surface area contributed by atoms with Crippen LogP contribution in [0.4, 0.5) is 11.4 Å². The third-order valence-corrected chi connectivity index (χ3v) is 4.72. The van der Waals surface area contributed by atoms with Crippen molar-refractivity contribution in [3.05, 3.63) is 85.2 Å². The quantitative estimate of drug-likeness (QED) is 0.110. The summed E-state index contributed by atoms with van der Waals surface area (Å²) in [6, 6.07) is 12.7. The molecule has 0 bridgehead atoms. The number of nitrogens with zero attached hydrogens (tertiary/aromatic N) is 3. The molecule has 28 heavy (non-hydrogen) atoms. The van der Waals surface area contributed by atoms with Gasteiger partial charge in [-0.1, -0.05) is 34.8 Å². The first-order chi connectivity index (χ1) is 13.3. The lowest BCUT2D eigenvalue weighted by Gasteiger charge is -2.02. The van der Waals surface area contributed by atoms with Gasteiger partial charge in [0.05, 0.1) is 21.2 Å². The van der Waals surface area contributed by atoms with Crippen molar-refractivity contribution in [2.45, 2.75) is 0 Å². The Morgan fingerprint density at radius 3 is 2.39 bits per heavy atom. The third kappa shape index (κ3) is 3.87. The summed E-state index contributed by atoms with van der Waals surface area (Å²) in [5, 5.41) is 24.2. The molecule has 2 N–H and O–H groups in total. The smallest absolute Gasteiger partial charge is 0.301 e. The van der Waals surface area contributed by atoms with Crippen LogP contribution in [-0.4, -0.2) is 9.91 Å². The van der Waals surface area contributed by atoms with E-state index in [-0.39, 0.29) is 21.6 Å². The van der Waals surface area contributed by atoms with Crippen molar-refractivity contribution in [1.82, 2.24) is 4.98 Å². The van der Waals surface area contributed by atoms with Crippen molar-refractivity contribution in [2.24, 2.45) is 0 Å². The topological polar surface area (TPSA) is 109 Å². The van der Waals surface area contributed by atoms with Gasteiger partial charge in [-0.05, 0) is 36.4 Å². The van der Waals surface area contributed by atoms with Gasteiger partial charge in [0.25, 0.3) is 0 Å². The Bertz CT molecular complexity index is 1220. The molecule has 0 aliphatic rings. The molecule has 4 rings (SSSR count). The number of nitro groups is 1. The molecule has 10 heteroatoms. The van der Waals surface area contributed by atoms with Crippen LogP contribution in [0.3, 0.4) is 0 Å². The Morgan fingerprint density at radius 1 is 0.964 bits per heavy atom. The number of benzene rings is 2. The highest BCUT2D eigenvalue weighted by Crippen LogP contribution is 2.31. The fourth-order valence-electron chi connectivity index (χ4n) is 2.59. The summed E-state index contributed by atoms with van der Waals surface area (Å²) in [6.07, 6.45) is 1.28. The van der Waals surface area contributed by atoms with E-state index in [9.17, 15) is 15.3 Å². The number of hydrogen-bond acceptors (Lipinski definition) is 5. The largest absolute Gasteiger partial charge is 0.618 e. The fraction of sp³-hybridized carbons (Fsp3) is 0. The van der Waals surface area contributed by atoms with E-state index >= 15 is 0 Å². The number of fused-ring (bicyclic) bond motifs is 2. The standard InChI is InChI=1S/C9H6Cl2N2.C9H5ClN2O3/c10-6-2-3-7-5(9(6)12)1-4-8(11)13-7;10-7-3-4-8-6(9(7)12(14)15)2-1-5-11(8)13/h1-4H,12H2;1-5H. The average Bonchev–Trinajstić information content (AvgIpc) is 2.65. The Kier molecular flexibility index (Phi) is 5.69. The Balaban J connectivity index is 0.000000162. The molecular weight excluding hydrogens is 427 g/mol. The number of hydrogen-bond donors (Lipinski definition) is 1. The summed E-state index contributed by atoms with van der Waals surface area (Å²) in [6.45, 7) is 0. The molecule has 2 aromatic carbocycles. The van der Waals surface area contributed by atoms with Crippen LogP contribution in [0.25, 0.3) is 21.8 Å². The highest BCUT2D eigenvalue weighted by molar-refractivity contribution is 6.35. The van der Waals surface area contributed by atoms with Crippen molar-refractivity contribution in [3.63, 3.8) is 0 Å². The second kappa shape index (κ2) is 8.02. The number of aromatic nitrogens is 2. The summed E-state index contributed by atoms with van der Waals surface area (Å²) in [5.41, 5.74) is 7.05. The van der Waals surface area contributed by atoms with E-state index in [0.717, 1.165) is 10.9 Å². The van der Waals surface area contributed by atoms with Crippen molar-refractivity contribution >= 4 is 68.0 Å². The summed E-state index contributed by atoms with van der Waals surface area (Å²) in [4.78, 5) is 14.3. The minimum absolute atomic E-state index is 0.0266. The monoisotopic (exact) mass is 436 g/mol. The number of anilines is 1. The second-order valence-corrected chi connectivity index (χ2v) is 6.78. The van der Waals surface area contributed by atoms with E-state index in [4.69, 9.17) is 40.5 Å². The van der Waals surface area contributed by atoms with Crippen LogP contribution in [0.2, 0.25) is 15.2 Å². The minimum Gasteiger partial charge on any atom is -0.618 e. The van der Waals surface area contributed by atoms with Crippen LogP contribution in [0.1, 0.15) is 0 Å². The lowest BCUT2D eigenvalue weighted by molar-refractivity contribution is -0.577. The van der Waals surface area contributed by atoms with Crippen LogP contribution in [0.5, 0.6) is 0 Å². The minimum atomic E-state index is -0.593. The first-order valence-electron chi connectivity index (χ1n) is 7.74. The van der Waals surface area contributed by atoms with Crippen molar-refractivity contribution in [2.75, 3.05) is 5.73 Å². The van der Waals surface area contributed by atoms with Crippen LogP contribution < -0.4 is 10.5 Å². The maximum Gasteiger partial charge on any atom is 0.301 e. The molecule has 142 valence electrons. The maximum absolute atomic E-state index is 11.3. The van der Waals surface area contributed by atoms with Crippen molar-refractivity contribution < 1.29 is 9.65 Å². The zero-order chi connectivity index (χ0) is 20.4. The average molecular weight is 438 g/mol. The van der Waals surface area contributed by atoms with Gasteiger partial charge in [0.1, 0.15) is 15.6 Å². The predicted octanol–water partition coefficient (Wildman–Crippen LogP) is 5.16. The Morgan fingerprint density at radius 2 is 1.68 bits per heavy atom. The van der Waals surface area contributed by atoms with Gasteiger partial charge < -0.3 is 10.9 Å². The van der Waals surface area contributed by atoms with Crippen LogP contribution in [0, 0.1) is 15.3 Å². The molecule has 7 nitrogen and oxygen atoms in total. The molecule has 0 fully saturated rings. The molecule has 0 aliphatic carbocycles. The molecule has 0 unspecified atom stereocenters. The van der Waals surface area contributed by atoms with Gasteiger partial charge >= 0.3 is 5.69 Å². The van der Waals surface area contributed by atoms with E-state index in [0.29, 0.717) is 20.6 Å². The molecule has 2 heterocycles. The molecule has 0 spiro atoms. The van der Waals surface area contributed by atoms with Crippen LogP contribution in [0.15, 0.2) is 54.7 Å². The molecule has 0 atom stereocenters. The first-order valence-corrected chi connectivity index (χ1v) is 8.88. The zero-order valence-corrected chi connectivity index (χ0v) is 16.2. The van der Waals surface area contributed by atoms with Crippen LogP contribution >= 0.6 is 34.8 Å². The van der Waals surface area contributed by atoms with Gasteiger partial charge in [-0.15, -0.1) is 0 Å². The van der Waals surface area contributed by atoms with Gasteiger partial charge in [-0.3, -0.25) is 10.1 Å². The van der Waals surface area contributed by atoms with E-state index < -0.39 is 4.92 Å². The number of halogens is 3. The van der Waals surface area contributed by atoms with Gasteiger partial charge in [0, 0.05) is 17.5 Å². The summed E-state index contributed by atoms with van der Waals surface area (Å²) < 4.78 is 0.568. The number of rotatable bonds is 1. The summed E-state index contributed by atoms with van der Waals surface area (Å²) in [5.74, 6) is 0. The SMILES string of the molecule is Nc1c(Cl)ccc2nc(Cl)ccc12.O=[N+]([O-])c1c(Cl)ccc2c1ccc[n+]2[O-]. The van der Waals surface area contributed by atoms with E-state index in [1.807, 2.05) is 6.07 Å². The third-order valence-electron chi connectivity index (χ3n) is 3.87. The highest BCUT2D eigenvalue weighted by atomic mass is 35.5.